The number of nitrogens with one attached hydrogen (secondary N) is 1. The second kappa shape index (κ2) is 6.11. The monoisotopic (exact) mass is 405 g/mol. The summed E-state index contributed by atoms with van der Waals surface area (Å²) in [5, 5.41) is 3.68. The maximum Gasteiger partial charge on any atom is 0.256 e. The summed E-state index contributed by atoms with van der Waals surface area (Å²) in [7, 11) is 0. The smallest absolute Gasteiger partial charge is 0.256 e. The topological polar surface area (TPSA) is 29.1 Å². The Bertz CT molecular complexity index is 643. The Kier molecular flexibility index (Phi) is 4.71. The Balaban J connectivity index is 2.23. The third-order valence-electron chi connectivity index (χ3n) is 2.55. The molecule has 2 aromatic carbocycles. The summed E-state index contributed by atoms with van der Waals surface area (Å²) in [4.78, 5) is 12.2. The minimum atomic E-state index is -0.164. The molecular formula is C14H10Cl2INO. The van der Waals surface area contributed by atoms with Crippen LogP contribution in [-0.4, -0.2) is 5.91 Å². The molecule has 1 amide bonds. The minimum absolute atomic E-state index is 0.164. The van der Waals surface area contributed by atoms with Gasteiger partial charge in [0.2, 0.25) is 0 Å². The van der Waals surface area contributed by atoms with Crippen molar-refractivity contribution in [1.82, 2.24) is 0 Å². The minimum Gasteiger partial charge on any atom is -0.322 e. The van der Waals surface area contributed by atoms with Crippen LogP contribution in [0.3, 0.4) is 0 Å². The SMILES string of the molecule is Cc1ccc(C(=O)Nc2ccc(Cl)c(Cl)c2)c(I)c1. The number of benzene rings is 2. The number of amides is 1. The summed E-state index contributed by atoms with van der Waals surface area (Å²) in [6, 6.07) is 10.7. The summed E-state index contributed by atoms with van der Waals surface area (Å²) >= 11 is 13.9. The summed E-state index contributed by atoms with van der Waals surface area (Å²) in [6.07, 6.45) is 0. The molecule has 0 saturated carbocycles. The third-order valence-corrected chi connectivity index (χ3v) is 4.18. The van der Waals surface area contributed by atoms with Gasteiger partial charge < -0.3 is 5.32 Å². The first-order valence-electron chi connectivity index (χ1n) is 5.50. The second-order valence-corrected chi connectivity index (χ2v) is 6.04. The predicted molar refractivity (Wildman–Crippen MR) is 88.3 cm³/mol. The van der Waals surface area contributed by atoms with Gasteiger partial charge in [-0.05, 0) is 59.8 Å². The molecule has 0 fully saturated rings. The highest BCUT2D eigenvalue weighted by Crippen LogP contribution is 2.25. The number of rotatable bonds is 2. The Labute approximate surface area is 135 Å². The molecule has 19 heavy (non-hydrogen) atoms. The normalized spacial score (nSPS) is 10.3. The molecule has 0 bridgehead atoms. The highest BCUT2D eigenvalue weighted by molar-refractivity contribution is 14.1. The molecule has 0 saturated heterocycles. The van der Waals surface area contributed by atoms with Crippen molar-refractivity contribution in [3.05, 3.63) is 61.1 Å². The average molecular weight is 406 g/mol. The van der Waals surface area contributed by atoms with Crippen LogP contribution < -0.4 is 5.32 Å². The number of carbonyl (C=O) groups excluding carboxylic acids is 1. The molecule has 0 aliphatic rings. The zero-order chi connectivity index (χ0) is 14.0. The van der Waals surface area contributed by atoms with E-state index in [9.17, 15) is 4.79 Å². The molecule has 2 nitrogen and oxygen atoms in total. The van der Waals surface area contributed by atoms with Crippen molar-refractivity contribution >= 4 is 57.4 Å². The number of carbonyl (C=O) groups is 1. The lowest BCUT2D eigenvalue weighted by Crippen LogP contribution is -2.13. The second-order valence-electron chi connectivity index (χ2n) is 4.07. The summed E-state index contributed by atoms with van der Waals surface area (Å²) in [6.45, 7) is 1.99. The van der Waals surface area contributed by atoms with E-state index in [2.05, 4.69) is 27.9 Å². The van der Waals surface area contributed by atoms with Gasteiger partial charge in [-0.15, -0.1) is 0 Å². The Morgan fingerprint density at radius 1 is 1.11 bits per heavy atom. The fourth-order valence-corrected chi connectivity index (χ4v) is 2.79. The molecule has 2 aromatic rings. The van der Waals surface area contributed by atoms with Crippen LogP contribution in [0.2, 0.25) is 10.0 Å². The number of aryl methyl sites for hydroxylation is 1. The zero-order valence-corrected chi connectivity index (χ0v) is 13.7. The van der Waals surface area contributed by atoms with Crippen LogP contribution in [0, 0.1) is 10.5 Å². The van der Waals surface area contributed by atoms with Gasteiger partial charge in [0, 0.05) is 9.26 Å². The van der Waals surface area contributed by atoms with E-state index in [1.165, 1.54) is 0 Å². The van der Waals surface area contributed by atoms with E-state index in [1.807, 2.05) is 25.1 Å². The molecule has 0 aliphatic heterocycles. The van der Waals surface area contributed by atoms with E-state index in [0.29, 0.717) is 21.3 Å². The lowest BCUT2D eigenvalue weighted by Gasteiger charge is -2.08. The lowest BCUT2D eigenvalue weighted by molar-refractivity contribution is 0.102. The quantitative estimate of drug-likeness (QED) is 0.687. The van der Waals surface area contributed by atoms with Crippen LogP contribution in [0.1, 0.15) is 15.9 Å². The Hall–Kier alpha value is -0.780. The van der Waals surface area contributed by atoms with Gasteiger partial charge in [-0.1, -0.05) is 34.8 Å². The molecule has 0 aromatic heterocycles. The van der Waals surface area contributed by atoms with E-state index in [1.54, 1.807) is 18.2 Å². The van der Waals surface area contributed by atoms with Gasteiger partial charge in [0.05, 0.1) is 15.6 Å². The van der Waals surface area contributed by atoms with Gasteiger partial charge in [0.25, 0.3) is 5.91 Å². The van der Waals surface area contributed by atoms with Gasteiger partial charge in [0.15, 0.2) is 0 Å². The average Bonchev–Trinajstić information content (AvgIpc) is 2.33. The Morgan fingerprint density at radius 3 is 2.47 bits per heavy atom. The van der Waals surface area contributed by atoms with Crippen molar-refractivity contribution in [2.45, 2.75) is 6.92 Å². The predicted octanol–water partition coefficient (Wildman–Crippen LogP) is 5.16. The molecular weight excluding hydrogens is 396 g/mol. The first kappa shape index (κ1) is 14.6. The van der Waals surface area contributed by atoms with E-state index < -0.39 is 0 Å². The molecule has 0 spiro atoms. The lowest BCUT2D eigenvalue weighted by atomic mass is 10.1. The van der Waals surface area contributed by atoms with Crippen molar-refractivity contribution in [2.24, 2.45) is 0 Å². The van der Waals surface area contributed by atoms with Crippen LogP contribution in [0.25, 0.3) is 0 Å². The van der Waals surface area contributed by atoms with Gasteiger partial charge in [-0.25, -0.2) is 0 Å². The van der Waals surface area contributed by atoms with Gasteiger partial charge >= 0.3 is 0 Å². The molecule has 2 rings (SSSR count). The van der Waals surface area contributed by atoms with E-state index in [-0.39, 0.29) is 5.91 Å². The van der Waals surface area contributed by atoms with Crippen LogP contribution in [0.4, 0.5) is 5.69 Å². The van der Waals surface area contributed by atoms with Crippen LogP contribution in [0.15, 0.2) is 36.4 Å². The standard InChI is InChI=1S/C14H10Cl2INO/c1-8-2-4-10(13(17)6-8)14(19)18-9-3-5-11(15)12(16)7-9/h2-7H,1H3,(H,18,19). The maximum atomic E-state index is 12.2. The number of hydrogen-bond acceptors (Lipinski definition) is 1. The van der Waals surface area contributed by atoms with Crippen LogP contribution in [0.5, 0.6) is 0 Å². The molecule has 0 heterocycles. The molecule has 5 heteroatoms. The fraction of sp³-hybridized carbons (Fsp3) is 0.0714. The number of hydrogen-bond donors (Lipinski definition) is 1. The van der Waals surface area contributed by atoms with Crippen molar-refractivity contribution in [2.75, 3.05) is 5.32 Å². The van der Waals surface area contributed by atoms with Crippen molar-refractivity contribution in [3.8, 4) is 0 Å². The summed E-state index contributed by atoms with van der Waals surface area (Å²) in [5.41, 5.74) is 2.38. The first-order valence-corrected chi connectivity index (χ1v) is 7.33. The first-order chi connectivity index (χ1) is 8.97. The largest absolute Gasteiger partial charge is 0.322 e. The molecule has 0 atom stereocenters. The van der Waals surface area contributed by atoms with E-state index in [0.717, 1.165) is 9.13 Å². The molecule has 1 N–H and O–H groups in total. The van der Waals surface area contributed by atoms with E-state index >= 15 is 0 Å². The molecule has 0 unspecified atom stereocenters. The van der Waals surface area contributed by atoms with Crippen molar-refractivity contribution in [1.29, 1.82) is 0 Å². The van der Waals surface area contributed by atoms with Crippen LogP contribution in [-0.2, 0) is 0 Å². The molecule has 98 valence electrons. The molecule has 0 aliphatic carbocycles. The molecule has 0 radical (unpaired) electrons. The van der Waals surface area contributed by atoms with Gasteiger partial charge in [-0.2, -0.15) is 0 Å². The fourth-order valence-electron chi connectivity index (χ4n) is 1.58. The Morgan fingerprint density at radius 2 is 1.84 bits per heavy atom. The van der Waals surface area contributed by atoms with Crippen LogP contribution >= 0.6 is 45.8 Å². The summed E-state index contributed by atoms with van der Waals surface area (Å²) in [5.74, 6) is -0.164. The third kappa shape index (κ3) is 3.61. The van der Waals surface area contributed by atoms with Gasteiger partial charge in [-0.3, -0.25) is 4.79 Å². The maximum absolute atomic E-state index is 12.2. The zero-order valence-electron chi connectivity index (χ0n) is 10.0. The number of anilines is 1. The number of halogens is 3. The summed E-state index contributed by atoms with van der Waals surface area (Å²) < 4.78 is 0.912. The van der Waals surface area contributed by atoms with Crippen molar-refractivity contribution in [3.63, 3.8) is 0 Å². The van der Waals surface area contributed by atoms with E-state index in [4.69, 9.17) is 23.2 Å². The highest BCUT2D eigenvalue weighted by atomic mass is 127. The van der Waals surface area contributed by atoms with Gasteiger partial charge in [0.1, 0.15) is 0 Å². The van der Waals surface area contributed by atoms with Crippen molar-refractivity contribution < 1.29 is 4.79 Å². The highest BCUT2D eigenvalue weighted by Gasteiger charge is 2.10.